The molecule has 1 aromatic heterocycles. The third-order valence-corrected chi connectivity index (χ3v) is 4.34. The van der Waals surface area contributed by atoms with E-state index in [0.29, 0.717) is 0 Å². The Morgan fingerprint density at radius 3 is 2.70 bits per heavy atom. The van der Waals surface area contributed by atoms with Gasteiger partial charge < -0.3 is 9.52 Å². The Morgan fingerprint density at radius 1 is 1.40 bits per heavy atom. The molecule has 5 nitrogen and oxygen atoms in total. The van der Waals surface area contributed by atoms with Crippen LogP contribution < -0.4 is 4.72 Å². The second-order valence-corrected chi connectivity index (χ2v) is 6.08. The number of sulfonamides is 1. The van der Waals surface area contributed by atoms with E-state index in [2.05, 4.69) is 4.72 Å². The van der Waals surface area contributed by atoms with Gasteiger partial charge in [-0.3, -0.25) is 4.72 Å². The summed E-state index contributed by atoms with van der Waals surface area (Å²) >= 11 is 5.80. The number of nitrogens with one attached hydrogen (secondary N) is 1. The minimum Gasteiger partial charge on any atom is -0.462 e. The lowest BCUT2D eigenvalue weighted by Gasteiger charge is -2.08. The molecule has 1 heterocycles. The standard InChI is InChI=1S/C12H11ClFNO4S/c1-7-12(5-9(6-16)19-7)20(17,18)15-11-4-8(14)2-3-10(11)13/h2-5,15-16H,6H2,1H3. The number of rotatable bonds is 4. The number of benzene rings is 1. The van der Waals surface area contributed by atoms with Crippen LogP contribution in [0.25, 0.3) is 0 Å². The molecule has 0 radical (unpaired) electrons. The highest BCUT2D eigenvalue weighted by Crippen LogP contribution is 2.27. The van der Waals surface area contributed by atoms with Crippen molar-refractivity contribution in [1.29, 1.82) is 0 Å². The van der Waals surface area contributed by atoms with Gasteiger partial charge in [0.25, 0.3) is 10.0 Å². The highest BCUT2D eigenvalue weighted by molar-refractivity contribution is 7.92. The second kappa shape index (κ2) is 5.43. The summed E-state index contributed by atoms with van der Waals surface area (Å²) in [6, 6.07) is 4.54. The van der Waals surface area contributed by atoms with E-state index in [4.69, 9.17) is 21.1 Å². The van der Waals surface area contributed by atoms with E-state index < -0.39 is 22.4 Å². The molecule has 0 spiro atoms. The average Bonchev–Trinajstić information content (AvgIpc) is 2.76. The minimum atomic E-state index is -3.98. The Balaban J connectivity index is 2.40. The summed E-state index contributed by atoms with van der Waals surface area (Å²) in [6.07, 6.45) is 0. The first-order valence-electron chi connectivity index (χ1n) is 5.51. The van der Waals surface area contributed by atoms with Crippen LogP contribution in [0, 0.1) is 12.7 Å². The topological polar surface area (TPSA) is 79.5 Å². The molecule has 0 atom stereocenters. The Bertz CT molecular complexity index is 742. The molecule has 0 unspecified atom stereocenters. The third-order valence-electron chi connectivity index (χ3n) is 2.54. The lowest BCUT2D eigenvalue weighted by Crippen LogP contribution is -2.13. The van der Waals surface area contributed by atoms with Gasteiger partial charge in [0, 0.05) is 6.07 Å². The molecule has 0 aliphatic heterocycles. The number of furan rings is 1. The highest BCUT2D eigenvalue weighted by Gasteiger charge is 2.22. The van der Waals surface area contributed by atoms with Crippen molar-refractivity contribution in [2.24, 2.45) is 0 Å². The molecule has 0 bridgehead atoms. The summed E-state index contributed by atoms with van der Waals surface area (Å²) in [5, 5.41) is 9.00. The van der Waals surface area contributed by atoms with E-state index in [0.717, 1.165) is 12.1 Å². The first-order chi connectivity index (χ1) is 9.33. The van der Waals surface area contributed by atoms with Crippen LogP contribution in [0.2, 0.25) is 5.02 Å². The maximum absolute atomic E-state index is 13.1. The van der Waals surface area contributed by atoms with Crippen molar-refractivity contribution in [2.75, 3.05) is 4.72 Å². The smallest absolute Gasteiger partial charge is 0.265 e. The van der Waals surface area contributed by atoms with Gasteiger partial charge in [0.2, 0.25) is 0 Å². The zero-order chi connectivity index (χ0) is 14.9. The Kier molecular flexibility index (Phi) is 4.03. The van der Waals surface area contributed by atoms with Crippen LogP contribution in [0.15, 0.2) is 33.6 Å². The third kappa shape index (κ3) is 2.95. The van der Waals surface area contributed by atoms with Gasteiger partial charge in [-0.2, -0.15) is 0 Å². The maximum atomic E-state index is 13.1. The van der Waals surface area contributed by atoms with E-state index in [9.17, 15) is 12.8 Å². The summed E-state index contributed by atoms with van der Waals surface area (Å²) < 4.78 is 44.7. The van der Waals surface area contributed by atoms with Crippen molar-refractivity contribution < 1.29 is 22.3 Å². The maximum Gasteiger partial charge on any atom is 0.265 e. The summed E-state index contributed by atoms with van der Waals surface area (Å²) in [6.45, 7) is 1.03. The largest absolute Gasteiger partial charge is 0.462 e. The van der Waals surface area contributed by atoms with Crippen molar-refractivity contribution >= 4 is 27.3 Å². The number of hydrogen-bond donors (Lipinski definition) is 2. The van der Waals surface area contributed by atoms with Gasteiger partial charge in [-0.05, 0) is 25.1 Å². The number of anilines is 1. The van der Waals surface area contributed by atoms with Gasteiger partial charge in [-0.15, -0.1) is 0 Å². The molecule has 0 amide bonds. The summed E-state index contributed by atoms with van der Waals surface area (Å²) in [4.78, 5) is -0.137. The average molecular weight is 320 g/mol. The van der Waals surface area contributed by atoms with Crippen molar-refractivity contribution in [3.05, 3.63) is 46.6 Å². The Labute approximate surface area is 120 Å². The minimum absolute atomic E-state index is 0.0681. The van der Waals surface area contributed by atoms with Crippen LogP contribution in [-0.4, -0.2) is 13.5 Å². The van der Waals surface area contributed by atoms with Crippen molar-refractivity contribution in [2.45, 2.75) is 18.4 Å². The van der Waals surface area contributed by atoms with Gasteiger partial charge in [0.1, 0.15) is 28.8 Å². The van der Waals surface area contributed by atoms with Crippen molar-refractivity contribution in [3.63, 3.8) is 0 Å². The van der Waals surface area contributed by atoms with Gasteiger partial charge in [-0.25, -0.2) is 12.8 Å². The van der Waals surface area contributed by atoms with Crippen LogP contribution in [-0.2, 0) is 16.6 Å². The van der Waals surface area contributed by atoms with Crippen LogP contribution in [0.3, 0.4) is 0 Å². The first kappa shape index (κ1) is 14.8. The van der Waals surface area contributed by atoms with Gasteiger partial charge in [0.05, 0.1) is 10.7 Å². The van der Waals surface area contributed by atoms with Crippen LogP contribution in [0.4, 0.5) is 10.1 Å². The van der Waals surface area contributed by atoms with E-state index in [1.807, 2.05) is 0 Å². The molecule has 0 saturated carbocycles. The molecular weight excluding hydrogens is 309 g/mol. The number of aryl methyl sites for hydroxylation is 1. The number of aliphatic hydroxyl groups excluding tert-OH is 1. The molecule has 0 saturated heterocycles. The molecule has 0 aliphatic carbocycles. The van der Waals surface area contributed by atoms with Crippen molar-refractivity contribution in [1.82, 2.24) is 0 Å². The lowest BCUT2D eigenvalue weighted by atomic mass is 10.3. The zero-order valence-corrected chi connectivity index (χ0v) is 11.9. The normalized spacial score (nSPS) is 11.6. The van der Waals surface area contributed by atoms with Crippen LogP contribution >= 0.6 is 11.6 Å². The predicted octanol–water partition coefficient (Wildman–Crippen LogP) is 2.67. The second-order valence-electron chi connectivity index (χ2n) is 4.02. The zero-order valence-electron chi connectivity index (χ0n) is 10.4. The predicted molar refractivity (Wildman–Crippen MR) is 71.6 cm³/mol. The number of hydrogen-bond acceptors (Lipinski definition) is 4. The van der Waals surface area contributed by atoms with E-state index in [1.54, 1.807) is 0 Å². The Hall–Kier alpha value is -1.57. The van der Waals surface area contributed by atoms with Gasteiger partial charge in [0.15, 0.2) is 0 Å². The summed E-state index contributed by atoms with van der Waals surface area (Å²) in [5.41, 5.74) is -0.0715. The fourth-order valence-corrected chi connectivity index (χ4v) is 3.14. The molecule has 2 rings (SSSR count). The quantitative estimate of drug-likeness (QED) is 0.908. The molecular formula is C12H11ClFNO4S. The molecule has 1 aromatic carbocycles. The molecule has 0 aliphatic rings. The van der Waals surface area contributed by atoms with Crippen LogP contribution in [0.5, 0.6) is 0 Å². The molecule has 8 heteroatoms. The Morgan fingerprint density at radius 2 is 2.10 bits per heavy atom. The van der Waals surface area contributed by atoms with Crippen molar-refractivity contribution in [3.8, 4) is 0 Å². The van der Waals surface area contributed by atoms with Gasteiger partial charge in [-0.1, -0.05) is 11.6 Å². The van der Waals surface area contributed by atoms with E-state index in [1.165, 1.54) is 19.1 Å². The molecule has 2 aromatic rings. The fourth-order valence-electron chi connectivity index (χ4n) is 1.64. The molecule has 20 heavy (non-hydrogen) atoms. The number of halogens is 2. The lowest BCUT2D eigenvalue weighted by molar-refractivity contribution is 0.245. The monoisotopic (exact) mass is 319 g/mol. The SMILES string of the molecule is Cc1oc(CO)cc1S(=O)(=O)Nc1cc(F)ccc1Cl. The number of aliphatic hydroxyl groups is 1. The first-order valence-corrected chi connectivity index (χ1v) is 7.37. The summed E-state index contributed by atoms with van der Waals surface area (Å²) in [5.74, 6) is -0.380. The fraction of sp³-hybridized carbons (Fsp3) is 0.167. The van der Waals surface area contributed by atoms with Gasteiger partial charge >= 0.3 is 0 Å². The molecule has 0 fully saturated rings. The summed E-state index contributed by atoms with van der Waals surface area (Å²) in [7, 11) is -3.98. The van der Waals surface area contributed by atoms with E-state index in [-0.39, 0.29) is 27.1 Å². The molecule has 2 N–H and O–H groups in total. The molecule has 108 valence electrons. The van der Waals surface area contributed by atoms with Crippen LogP contribution in [0.1, 0.15) is 11.5 Å². The van der Waals surface area contributed by atoms with E-state index >= 15 is 0 Å². The highest BCUT2D eigenvalue weighted by atomic mass is 35.5.